The highest BCUT2D eigenvalue weighted by Crippen LogP contribution is 2.20. The molecule has 0 aliphatic heterocycles. The van der Waals surface area contributed by atoms with Gasteiger partial charge in [-0.2, -0.15) is 5.48 Å². The summed E-state index contributed by atoms with van der Waals surface area (Å²) in [6, 6.07) is 0.0156. The minimum Gasteiger partial charge on any atom is -0.368 e. The second-order valence-corrected chi connectivity index (χ2v) is 3.78. The number of amides is 1. The lowest BCUT2D eigenvalue weighted by Crippen LogP contribution is -2.26. The van der Waals surface area contributed by atoms with Crippen LogP contribution in [0, 0.1) is 6.92 Å². The van der Waals surface area contributed by atoms with E-state index in [0.29, 0.717) is 0 Å². The molecule has 0 bridgehead atoms. The summed E-state index contributed by atoms with van der Waals surface area (Å²) in [6.07, 6.45) is 0. The third-order valence-electron chi connectivity index (χ3n) is 1.65. The molecule has 0 spiro atoms. The number of carbonyl (C=O) groups is 1. The van der Waals surface area contributed by atoms with Crippen molar-refractivity contribution in [2.75, 3.05) is 6.61 Å². The van der Waals surface area contributed by atoms with Gasteiger partial charge in [0, 0.05) is 4.88 Å². The smallest absolute Gasteiger partial charge is 0.245 e. The van der Waals surface area contributed by atoms with E-state index in [1.165, 1.54) is 0 Å². The Bertz CT molecular complexity index is 313. The van der Waals surface area contributed by atoms with Gasteiger partial charge in [-0.15, -0.1) is 11.3 Å². The highest BCUT2D eigenvalue weighted by atomic mass is 32.1. The quantitative estimate of drug-likeness (QED) is 0.702. The molecule has 3 N–H and O–H groups in total. The Morgan fingerprint density at radius 1 is 1.86 bits per heavy atom. The zero-order chi connectivity index (χ0) is 10.6. The van der Waals surface area contributed by atoms with E-state index in [-0.39, 0.29) is 12.6 Å². The van der Waals surface area contributed by atoms with Crippen molar-refractivity contribution in [2.24, 2.45) is 5.73 Å². The van der Waals surface area contributed by atoms with Crippen molar-refractivity contribution in [3.8, 4) is 0 Å². The van der Waals surface area contributed by atoms with E-state index in [1.54, 1.807) is 16.8 Å². The number of aromatic nitrogens is 1. The van der Waals surface area contributed by atoms with Gasteiger partial charge in [-0.3, -0.25) is 9.63 Å². The van der Waals surface area contributed by atoms with Crippen molar-refractivity contribution in [2.45, 2.75) is 19.9 Å². The predicted molar refractivity (Wildman–Crippen MR) is 53.5 cm³/mol. The highest BCUT2D eigenvalue weighted by Gasteiger charge is 2.10. The largest absolute Gasteiger partial charge is 0.368 e. The van der Waals surface area contributed by atoms with Crippen molar-refractivity contribution in [3.63, 3.8) is 0 Å². The van der Waals surface area contributed by atoms with E-state index < -0.39 is 5.91 Å². The van der Waals surface area contributed by atoms with E-state index in [4.69, 9.17) is 10.6 Å². The van der Waals surface area contributed by atoms with E-state index in [1.807, 2.05) is 13.8 Å². The summed E-state index contributed by atoms with van der Waals surface area (Å²) in [7, 11) is 0. The Balaban J connectivity index is 2.39. The summed E-state index contributed by atoms with van der Waals surface area (Å²) in [5.41, 5.74) is 10.4. The maximum absolute atomic E-state index is 10.4. The molecule has 1 aromatic heterocycles. The molecule has 0 fully saturated rings. The molecule has 1 aromatic rings. The molecule has 0 aromatic carbocycles. The Morgan fingerprint density at radius 2 is 2.57 bits per heavy atom. The van der Waals surface area contributed by atoms with Crippen LogP contribution in [0.15, 0.2) is 5.51 Å². The van der Waals surface area contributed by atoms with Gasteiger partial charge in [-0.25, -0.2) is 4.98 Å². The number of nitrogens with one attached hydrogen (secondary N) is 1. The molecular formula is C8H13N3O2S. The normalized spacial score (nSPS) is 12.7. The van der Waals surface area contributed by atoms with Gasteiger partial charge in [0.05, 0.1) is 17.2 Å². The molecule has 1 amide bonds. The lowest BCUT2D eigenvalue weighted by Gasteiger charge is -2.11. The van der Waals surface area contributed by atoms with E-state index in [2.05, 4.69) is 10.5 Å². The summed E-state index contributed by atoms with van der Waals surface area (Å²) in [6.45, 7) is 3.74. The molecule has 0 aliphatic carbocycles. The summed E-state index contributed by atoms with van der Waals surface area (Å²) in [4.78, 5) is 20.5. The number of hydroxylamine groups is 1. The molecule has 1 unspecified atom stereocenters. The summed E-state index contributed by atoms with van der Waals surface area (Å²) in [5.74, 6) is -0.495. The van der Waals surface area contributed by atoms with Crippen molar-refractivity contribution in [1.29, 1.82) is 0 Å². The molecule has 0 saturated carbocycles. The van der Waals surface area contributed by atoms with Crippen LogP contribution in [0.5, 0.6) is 0 Å². The molecule has 6 heteroatoms. The molecule has 0 aliphatic rings. The summed E-state index contributed by atoms with van der Waals surface area (Å²) in [5, 5.41) is 0. The fraction of sp³-hybridized carbons (Fsp3) is 0.500. The maximum Gasteiger partial charge on any atom is 0.245 e. The van der Waals surface area contributed by atoms with Gasteiger partial charge in [0.2, 0.25) is 5.91 Å². The number of hydrogen-bond donors (Lipinski definition) is 2. The minimum absolute atomic E-state index is 0.0156. The lowest BCUT2D eigenvalue weighted by molar-refractivity contribution is -0.125. The first-order valence-corrected chi connectivity index (χ1v) is 5.05. The topological polar surface area (TPSA) is 77.2 Å². The molecule has 0 saturated heterocycles. The fourth-order valence-electron chi connectivity index (χ4n) is 1.02. The highest BCUT2D eigenvalue weighted by molar-refractivity contribution is 7.09. The minimum atomic E-state index is -0.495. The van der Waals surface area contributed by atoms with Gasteiger partial charge >= 0.3 is 0 Å². The molecule has 1 rings (SSSR count). The monoisotopic (exact) mass is 215 g/mol. The van der Waals surface area contributed by atoms with Crippen LogP contribution in [0.4, 0.5) is 0 Å². The molecule has 0 radical (unpaired) electrons. The number of aryl methyl sites for hydroxylation is 1. The van der Waals surface area contributed by atoms with Gasteiger partial charge in [0.25, 0.3) is 0 Å². The second-order valence-electron chi connectivity index (χ2n) is 2.90. The molecule has 1 atom stereocenters. The number of carbonyl (C=O) groups excluding carboxylic acids is 1. The molecule has 14 heavy (non-hydrogen) atoms. The van der Waals surface area contributed by atoms with E-state index >= 15 is 0 Å². The predicted octanol–water partition coefficient (Wildman–Crippen LogP) is 0.519. The van der Waals surface area contributed by atoms with Crippen LogP contribution in [-0.2, 0) is 9.63 Å². The number of primary amides is 1. The van der Waals surface area contributed by atoms with Crippen molar-refractivity contribution in [1.82, 2.24) is 10.5 Å². The van der Waals surface area contributed by atoms with Crippen LogP contribution in [0.2, 0.25) is 0 Å². The second kappa shape index (κ2) is 5.04. The summed E-state index contributed by atoms with van der Waals surface area (Å²) >= 11 is 1.55. The zero-order valence-electron chi connectivity index (χ0n) is 8.11. The summed E-state index contributed by atoms with van der Waals surface area (Å²) < 4.78 is 0. The van der Waals surface area contributed by atoms with Crippen molar-refractivity contribution < 1.29 is 9.63 Å². The fourth-order valence-corrected chi connectivity index (χ4v) is 1.82. The first kappa shape index (κ1) is 11.1. The van der Waals surface area contributed by atoms with Gasteiger partial charge in [-0.05, 0) is 13.8 Å². The first-order valence-electron chi connectivity index (χ1n) is 4.17. The Kier molecular flexibility index (Phi) is 3.99. The Morgan fingerprint density at radius 3 is 3.07 bits per heavy atom. The van der Waals surface area contributed by atoms with Crippen LogP contribution in [-0.4, -0.2) is 17.5 Å². The SMILES string of the molecule is Cc1ncsc1C(C)NOCC(N)=O. The number of nitrogens with two attached hydrogens (primary N) is 1. The van der Waals surface area contributed by atoms with E-state index in [9.17, 15) is 4.79 Å². The third-order valence-corrected chi connectivity index (χ3v) is 2.76. The van der Waals surface area contributed by atoms with Gasteiger partial charge in [0.1, 0.15) is 6.61 Å². The van der Waals surface area contributed by atoms with Crippen LogP contribution >= 0.6 is 11.3 Å². The molecule has 5 nitrogen and oxygen atoms in total. The van der Waals surface area contributed by atoms with Gasteiger partial charge < -0.3 is 5.73 Å². The Labute approximate surface area is 86.2 Å². The van der Waals surface area contributed by atoms with Gasteiger partial charge in [0.15, 0.2) is 0 Å². The average molecular weight is 215 g/mol. The lowest BCUT2D eigenvalue weighted by atomic mass is 10.2. The van der Waals surface area contributed by atoms with Crippen LogP contribution < -0.4 is 11.2 Å². The van der Waals surface area contributed by atoms with Crippen LogP contribution in [0.25, 0.3) is 0 Å². The third kappa shape index (κ3) is 3.06. The number of rotatable bonds is 5. The number of thiazole rings is 1. The Hall–Kier alpha value is -0.980. The van der Waals surface area contributed by atoms with Gasteiger partial charge in [-0.1, -0.05) is 0 Å². The maximum atomic E-state index is 10.4. The first-order chi connectivity index (χ1) is 6.61. The number of hydrogen-bond acceptors (Lipinski definition) is 5. The van der Waals surface area contributed by atoms with E-state index in [0.717, 1.165) is 10.6 Å². The average Bonchev–Trinajstić information content (AvgIpc) is 2.50. The molecule has 1 heterocycles. The standard InChI is InChI=1S/C8H13N3O2S/c1-5-8(14-4-10-5)6(2)11-13-3-7(9)12/h4,6,11H,3H2,1-2H3,(H2,9,12). The van der Waals surface area contributed by atoms with Crippen LogP contribution in [0.3, 0.4) is 0 Å². The zero-order valence-corrected chi connectivity index (χ0v) is 8.93. The van der Waals surface area contributed by atoms with Crippen molar-refractivity contribution in [3.05, 3.63) is 16.1 Å². The van der Waals surface area contributed by atoms with Crippen molar-refractivity contribution >= 4 is 17.2 Å². The molecule has 78 valence electrons. The number of nitrogens with zero attached hydrogens (tertiary/aromatic N) is 1. The van der Waals surface area contributed by atoms with Crippen LogP contribution in [0.1, 0.15) is 23.5 Å². The molecular weight excluding hydrogens is 202 g/mol.